The molecule has 136 valence electrons. The Kier molecular flexibility index (Phi) is 5.02. The zero-order valence-corrected chi connectivity index (χ0v) is 15.6. The first kappa shape index (κ1) is 17.2. The second-order valence-corrected chi connectivity index (χ2v) is 8.31. The van der Waals surface area contributed by atoms with Crippen LogP contribution in [0, 0.1) is 0 Å². The van der Waals surface area contributed by atoms with E-state index in [0.717, 1.165) is 17.9 Å². The Hall–Kier alpha value is -2.20. The number of hydrogen-bond acceptors (Lipinski definition) is 7. The van der Waals surface area contributed by atoms with E-state index in [1.165, 1.54) is 39.7 Å². The number of amides is 1. The van der Waals surface area contributed by atoms with Crippen molar-refractivity contribution in [3.8, 4) is 0 Å². The molecule has 4 rings (SSSR count). The van der Waals surface area contributed by atoms with Crippen molar-refractivity contribution in [2.45, 2.75) is 48.9 Å². The molecule has 1 fully saturated rings. The first-order valence-electron chi connectivity index (χ1n) is 8.51. The minimum atomic E-state index is -0.345. The lowest BCUT2D eigenvalue weighted by molar-refractivity contribution is -0.117. The molecule has 0 spiro atoms. The van der Waals surface area contributed by atoms with Gasteiger partial charge in [0.25, 0.3) is 0 Å². The van der Waals surface area contributed by atoms with E-state index < -0.39 is 0 Å². The average Bonchev–Trinajstić information content (AvgIpc) is 3.26. The maximum atomic E-state index is 12.5. The predicted octanol–water partition coefficient (Wildman–Crippen LogP) is 2.41. The summed E-state index contributed by atoms with van der Waals surface area (Å²) in [6, 6.07) is 0. The summed E-state index contributed by atoms with van der Waals surface area (Å²) in [5.41, 5.74) is 0.164. The number of rotatable bonds is 5. The van der Waals surface area contributed by atoms with E-state index in [1.807, 2.05) is 0 Å². The van der Waals surface area contributed by atoms with Crippen molar-refractivity contribution in [2.75, 3.05) is 5.32 Å². The standard InChI is InChI=1S/C16H18N6O2S2/c23-12(19-15-18-7-9-25-15)10-22-16(24)21-8-6-17-14(13(21)20-22)26-11-4-2-1-3-5-11/h6-9,11H,1-5,10H2,(H,18,19,23). The topological polar surface area (TPSA) is 94.2 Å². The molecular formula is C16H18N6O2S2. The molecule has 0 aromatic carbocycles. The van der Waals surface area contributed by atoms with Gasteiger partial charge in [0.1, 0.15) is 11.6 Å². The summed E-state index contributed by atoms with van der Waals surface area (Å²) in [6.45, 7) is -0.159. The van der Waals surface area contributed by atoms with Gasteiger partial charge in [-0.3, -0.25) is 4.79 Å². The molecule has 3 aromatic rings. The van der Waals surface area contributed by atoms with Crippen LogP contribution in [0.25, 0.3) is 5.65 Å². The van der Waals surface area contributed by atoms with Gasteiger partial charge in [-0.05, 0) is 12.8 Å². The van der Waals surface area contributed by atoms with Crippen LogP contribution in [0.1, 0.15) is 32.1 Å². The van der Waals surface area contributed by atoms with Crippen LogP contribution in [0.4, 0.5) is 5.13 Å². The van der Waals surface area contributed by atoms with Crippen LogP contribution in [-0.4, -0.2) is 35.3 Å². The van der Waals surface area contributed by atoms with E-state index in [1.54, 1.807) is 35.7 Å². The molecule has 10 heteroatoms. The van der Waals surface area contributed by atoms with Crippen molar-refractivity contribution >= 4 is 39.8 Å². The van der Waals surface area contributed by atoms with Crippen LogP contribution in [0.2, 0.25) is 0 Å². The molecule has 0 bridgehead atoms. The van der Waals surface area contributed by atoms with Crippen molar-refractivity contribution in [1.29, 1.82) is 0 Å². The van der Waals surface area contributed by atoms with E-state index in [-0.39, 0.29) is 18.1 Å². The summed E-state index contributed by atoms with van der Waals surface area (Å²) < 4.78 is 2.62. The van der Waals surface area contributed by atoms with Crippen molar-refractivity contribution in [1.82, 2.24) is 24.1 Å². The van der Waals surface area contributed by atoms with E-state index in [2.05, 4.69) is 20.4 Å². The van der Waals surface area contributed by atoms with Gasteiger partial charge < -0.3 is 5.32 Å². The molecule has 26 heavy (non-hydrogen) atoms. The molecule has 0 unspecified atom stereocenters. The van der Waals surface area contributed by atoms with Crippen LogP contribution in [0.3, 0.4) is 0 Å². The van der Waals surface area contributed by atoms with Crippen LogP contribution >= 0.6 is 23.1 Å². The molecule has 3 aromatic heterocycles. The third-order valence-corrected chi connectivity index (χ3v) is 6.28. The Morgan fingerprint density at radius 1 is 1.27 bits per heavy atom. The fourth-order valence-corrected chi connectivity index (χ4v) is 4.83. The molecule has 0 atom stereocenters. The Labute approximate surface area is 157 Å². The Morgan fingerprint density at radius 3 is 2.88 bits per heavy atom. The summed E-state index contributed by atoms with van der Waals surface area (Å²) in [4.78, 5) is 33.1. The number of thiazole rings is 1. The third-order valence-electron chi connectivity index (χ3n) is 4.27. The highest BCUT2D eigenvalue weighted by atomic mass is 32.2. The number of fused-ring (bicyclic) bond motifs is 1. The Morgan fingerprint density at radius 2 is 2.12 bits per heavy atom. The van der Waals surface area contributed by atoms with E-state index in [4.69, 9.17) is 0 Å². The molecule has 0 aliphatic heterocycles. The Bertz CT molecular complexity index is 959. The number of aromatic nitrogens is 5. The number of nitrogens with zero attached hydrogens (tertiary/aromatic N) is 5. The van der Waals surface area contributed by atoms with Crippen LogP contribution in [-0.2, 0) is 11.3 Å². The molecule has 0 saturated heterocycles. The van der Waals surface area contributed by atoms with Gasteiger partial charge in [0.05, 0.1) is 0 Å². The van der Waals surface area contributed by atoms with Gasteiger partial charge in [0, 0.05) is 29.2 Å². The molecule has 1 amide bonds. The number of thioether (sulfide) groups is 1. The van der Waals surface area contributed by atoms with E-state index >= 15 is 0 Å². The summed E-state index contributed by atoms with van der Waals surface area (Å²) in [5, 5.41) is 10.5. The predicted molar refractivity (Wildman–Crippen MR) is 101 cm³/mol. The number of carbonyl (C=O) groups excluding carboxylic acids is 1. The lowest BCUT2D eigenvalue weighted by Crippen LogP contribution is -2.28. The average molecular weight is 390 g/mol. The number of nitrogens with one attached hydrogen (secondary N) is 1. The summed E-state index contributed by atoms with van der Waals surface area (Å²) in [6.07, 6.45) is 10.9. The smallest absolute Gasteiger partial charge is 0.300 e. The van der Waals surface area contributed by atoms with Crippen LogP contribution in [0.15, 0.2) is 33.8 Å². The quantitative estimate of drug-likeness (QED) is 0.719. The second-order valence-electron chi connectivity index (χ2n) is 6.13. The number of carbonyl (C=O) groups is 1. The second kappa shape index (κ2) is 7.58. The number of anilines is 1. The molecule has 1 N–H and O–H groups in total. The highest BCUT2D eigenvalue weighted by Gasteiger charge is 2.20. The van der Waals surface area contributed by atoms with Crippen molar-refractivity contribution < 1.29 is 4.79 Å². The minimum Gasteiger partial charge on any atom is -0.300 e. The van der Waals surface area contributed by atoms with Crippen molar-refractivity contribution in [2.24, 2.45) is 0 Å². The molecule has 0 radical (unpaired) electrons. The van der Waals surface area contributed by atoms with Gasteiger partial charge in [-0.25, -0.2) is 23.8 Å². The van der Waals surface area contributed by atoms with Crippen molar-refractivity contribution in [3.05, 3.63) is 34.5 Å². The Balaban J connectivity index is 1.56. The zero-order chi connectivity index (χ0) is 17.9. The lowest BCUT2D eigenvalue weighted by atomic mass is 10.0. The maximum absolute atomic E-state index is 12.5. The van der Waals surface area contributed by atoms with Crippen LogP contribution in [0.5, 0.6) is 0 Å². The normalized spacial score (nSPS) is 15.4. The lowest BCUT2D eigenvalue weighted by Gasteiger charge is -2.20. The minimum absolute atomic E-state index is 0.159. The van der Waals surface area contributed by atoms with E-state index in [9.17, 15) is 9.59 Å². The fraction of sp³-hybridized carbons (Fsp3) is 0.438. The molecule has 1 saturated carbocycles. The molecule has 3 heterocycles. The van der Waals surface area contributed by atoms with Gasteiger partial charge in [-0.1, -0.05) is 31.0 Å². The molecule has 8 nitrogen and oxygen atoms in total. The van der Waals surface area contributed by atoms with Crippen molar-refractivity contribution in [3.63, 3.8) is 0 Å². The first-order chi connectivity index (χ1) is 12.7. The van der Waals surface area contributed by atoms with Gasteiger partial charge >= 0.3 is 5.69 Å². The highest BCUT2D eigenvalue weighted by molar-refractivity contribution is 8.00. The summed E-state index contributed by atoms with van der Waals surface area (Å²) in [5.74, 6) is -0.333. The van der Waals surface area contributed by atoms with Crippen LogP contribution < -0.4 is 11.0 Å². The van der Waals surface area contributed by atoms with Gasteiger partial charge in [-0.15, -0.1) is 16.4 Å². The van der Waals surface area contributed by atoms with Gasteiger partial charge in [-0.2, -0.15) is 0 Å². The highest BCUT2D eigenvalue weighted by Crippen LogP contribution is 2.33. The van der Waals surface area contributed by atoms with E-state index in [0.29, 0.717) is 16.0 Å². The monoisotopic (exact) mass is 390 g/mol. The third kappa shape index (κ3) is 3.65. The SMILES string of the molecule is O=C(Cn1nc2c(SC3CCCCC3)nccn2c1=O)Nc1nccs1. The molecule has 1 aliphatic rings. The zero-order valence-electron chi connectivity index (χ0n) is 14.0. The maximum Gasteiger partial charge on any atom is 0.350 e. The van der Waals surface area contributed by atoms with Gasteiger partial charge in [0.15, 0.2) is 10.8 Å². The van der Waals surface area contributed by atoms with Gasteiger partial charge in [0.2, 0.25) is 5.91 Å². The summed E-state index contributed by atoms with van der Waals surface area (Å²) >= 11 is 3.01. The molecule has 1 aliphatic carbocycles. The largest absolute Gasteiger partial charge is 0.350 e. The summed E-state index contributed by atoms with van der Waals surface area (Å²) in [7, 11) is 0. The first-order valence-corrected chi connectivity index (χ1v) is 10.3. The number of hydrogen-bond donors (Lipinski definition) is 1. The fourth-order valence-electron chi connectivity index (χ4n) is 3.03. The molecular weight excluding hydrogens is 372 g/mol.